The Labute approximate surface area is 120 Å². The highest BCUT2D eigenvalue weighted by atomic mass is 79.9. The fraction of sp³-hybridized carbons (Fsp3) is 0.0909. The van der Waals surface area contributed by atoms with Crippen molar-refractivity contribution in [3.05, 3.63) is 39.9 Å². The maximum atomic E-state index is 13.7. The molecule has 0 aliphatic heterocycles. The second-order valence-corrected chi connectivity index (χ2v) is 5.41. The summed E-state index contributed by atoms with van der Waals surface area (Å²) in [7, 11) is 0. The maximum absolute atomic E-state index is 13.7. The number of nitrogens with zero attached hydrogens (tertiary/aromatic N) is 2. The molecule has 100 valence electrons. The van der Waals surface area contributed by atoms with Gasteiger partial charge in [-0.1, -0.05) is 11.8 Å². The van der Waals surface area contributed by atoms with Gasteiger partial charge in [-0.3, -0.25) is 0 Å². The second kappa shape index (κ2) is 5.70. The van der Waals surface area contributed by atoms with Gasteiger partial charge in [-0.25, -0.2) is 18.7 Å². The van der Waals surface area contributed by atoms with E-state index in [1.807, 2.05) is 0 Å². The summed E-state index contributed by atoms with van der Waals surface area (Å²) < 4.78 is 27.5. The molecular weight excluding hydrogens is 338 g/mol. The second-order valence-electron chi connectivity index (χ2n) is 3.61. The fourth-order valence-electron chi connectivity index (χ4n) is 1.36. The minimum Gasteiger partial charge on any atom is -0.383 e. The largest absolute Gasteiger partial charge is 0.383 e. The highest BCUT2D eigenvalue weighted by Gasteiger charge is 2.13. The molecule has 4 N–H and O–H groups in total. The van der Waals surface area contributed by atoms with Gasteiger partial charge in [0.05, 0.1) is 4.47 Å². The minimum atomic E-state index is -0.635. The van der Waals surface area contributed by atoms with E-state index in [1.54, 1.807) is 0 Å². The molecule has 0 unspecified atom stereocenters. The van der Waals surface area contributed by atoms with Gasteiger partial charge in [-0.05, 0) is 28.1 Å². The Morgan fingerprint density at radius 3 is 2.42 bits per heavy atom. The summed E-state index contributed by atoms with van der Waals surface area (Å²) in [5.41, 5.74) is 11.0. The number of hydrogen-bond donors (Lipinski definition) is 2. The monoisotopic (exact) mass is 346 g/mol. The van der Waals surface area contributed by atoms with E-state index in [0.717, 1.165) is 11.8 Å². The number of aromatic nitrogens is 2. The molecular formula is C11H9BrF2N4S. The molecule has 0 spiro atoms. The number of anilines is 2. The molecule has 8 heteroatoms. The molecule has 1 aromatic carbocycles. The average Bonchev–Trinajstić information content (AvgIpc) is 2.33. The molecule has 0 saturated carbocycles. The number of rotatable bonds is 3. The van der Waals surface area contributed by atoms with Crippen LogP contribution in [0.15, 0.2) is 27.8 Å². The predicted octanol–water partition coefficient (Wildman–Crippen LogP) is 2.97. The number of halogens is 3. The third-order valence-corrected chi connectivity index (χ3v) is 3.72. The lowest BCUT2D eigenvalue weighted by Crippen LogP contribution is -2.00. The summed E-state index contributed by atoms with van der Waals surface area (Å²) in [5, 5.41) is 0.274. The Morgan fingerprint density at radius 1 is 1.16 bits per heavy atom. The molecule has 0 radical (unpaired) electrons. The molecule has 1 heterocycles. The molecule has 2 aromatic rings. The smallest absolute Gasteiger partial charge is 0.191 e. The van der Waals surface area contributed by atoms with Crippen molar-refractivity contribution in [1.82, 2.24) is 9.97 Å². The molecule has 4 nitrogen and oxygen atoms in total. The van der Waals surface area contributed by atoms with Gasteiger partial charge in [-0.2, -0.15) is 0 Å². The van der Waals surface area contributed by atoms with Crippen molar-refractivity contribution in [2.45, 2.75) is 10.9 Å². The van der Waals surface area contributed by atoms with Gasteiger partial charge in [0.2, 0.25) is 0 Å². The van der Waals surface area contributed by atoms with Gasteiger partial charge in [0.1, 0.15) is 23.3 Å². The van der Waals surface area contributed by atoms with Crippen LogP contribution in [0.25, 0.3) is 0 Å². The summed E-state index contributed by atoms with van der Waals surface area (Å²) >= 11 is 4.06. The van der Waals surface area contributed by atoms with Crippen molar-refractivity contribution in [3.8, 4) is 0 Å². The first-order valence-corrected chi connectivity index (χ1v) is 6.90. The van der Waals surface area contributed by atoms with Gasteiger partial charge in [-0.15, -0.1) is 0 Å². The van der Waals surface area contributed by atoms with Gasteiger partial charge in [0.25, 0.3) is 0 Å². The molecule has 0 aliphatic rings. The van der Waals surface area contributed by atoms with Gasteiger partial charge >= 0.3 is 0 Å². The maximum Gasteiger partial charge on any atom is 0.191 e. The zero-order valence-corrected chi connectivity index (χ0v) is 11.9. The van der Waals surface area contributed by atoms with Crippen LogP contribution >= 0.6 is 27.7 Å². The number of nitrogens with two attached hydrogens (primary N) is 2. The zero-order chi connectivity index (χ0) is 14.0. The van der Waals surface area contributed by atoms with Crippen molar-refractivity contribution >= 4 is 39.3 Å². The Balaban J connectivity index is 2.21. The van der Waals surface area contributed by atoms with Crippen LogP contribution in [0.3, 0.4) is 0 Å². The van der Waals surface area contributed by atoms with E-state index in [9.17, 15) is 8.78 Å². The Bertz CT molecular complexity index is 604. The van der Waals surface area contributed by atoms with Crippen LogP contribution in [-0.2, 0) is 5.75 Å². The average molecular weight is 347 g/mol. The fourth-order valence-corrected chi connectivity index (χ4v) is 2.61. The standard InChI is InChI=1S/C11H9BrF2N4S/c12-6-1-2-7(13)5(10(6)14)4-19-11-17-8(15)3-9(16)18-11/h1-3H,4H2,(H4,15,16,17,18). The quantitative estimate of drug-likeness (QED) is 0.507. The van der Waals surface area contributed by atoms with Crippen molar-refractivity contribution in [2.75, 3.05) is 11.5 Å². The van der Waals surface area contributed by atoms with E-state index in [2.05, 4.69) is 25.9 Å². The van der Waals surface area contributed by atoms with Crippen LogP contribution in [0.2, 0.25) is 0 Å². The molecule has 0 fully saturated rings. The predicted molar refractivity (Wildman–Crippen MR) is 74.5 cm³/mol. The van der Waals surface area contributed by atoms with E-state index < -0.39 is 11.6 Å². The number of benzene rings is 1. The van der Waals surface area contributed by atoms with Crippen LogP contribution in [-0.4, -0.2) is 9.97 Å². The molecule has 0 atom stereocenters. The lowest BCUT2D eigenvalue weighted by molar-refractivity contribution is 0.562. The topological polar surface area (TPSA) is 77.8 Å². The Kier molecular flexibility index (Phi) is 4.20. The summed E-state index contributed by atoms with van der Waals surface area (Å²) in [6.07, 6.45) is 0. The summed E-state index contributed by atoms with van der Waals surface area (Å²) in [6, 6.07) is 3.91. The SMILES string of the molecule is Nc1cc(N)nc(SCc2c(F)ccc(Br)c2F)n1. The number of hydrogen-bond acceptors (Lipinski definition) is 5. The highest BCUT2D eigenvalue weighted by molar-refractivity contribution is 9.10. The van der Waals surface area contributed by atoms with E-state index in [-0.39, 0.29) is 32.6 Å². The Hall–Kier alpha value is -1.41. The van der Waals surface area contributed by atoms with Gasteiger partial charge < -0.3 is 11.5 Å². The van der Waals surface area contributed by atoms with E-state index in [1.165, 1.54) is 18.2 Å². The van der Waals surface area contributed by atoms with Crippen LogP contribution < -0.4 is 11.5 Å². The first kappa shape index (κ1) is 14.0. The first-order chi connectivity index (χ1) is 8.97. The zero-order valence-electron chi connectivity index (χ0n) is 9.53. The summed E-state index contributed by atoms with van der Waals surface area (Å²) in [5.74, 6) is -0.787. The minimum absolute atomic E-state index is 0.0417. The molecule has 0 aliphatic carbocycles. The van der Waals surface area contributed by atoms with Crippen LogP contribution in [0, 0.1) is 11.6 Å². The molecule has 19 heavy (non-hydrogen) atoms. The summed E-state index contributed by atoms with van der Waals surface area (Å²) in [6.45, 7) is 0. The number of nitrogen functional groups attached to an aromatic ring is 2. The molecule has 2 rings (SSSR count). The molecule has 0 amide bonds. The lowest BCUT2D eigenvalue weighted by atomic mass is 10.2. The van der Waals surface area contributed by atoms with E-state index in [0.29, 0.717) is 0 Å². The first-order valence-electron chi connectivity index (χ1n) is 5.12. The lowest BCUT2D eigenvalue weighted by Gasteiger charge is -2.06. The number of thioether (sulfide) groups is 1. The van der Waals surface area contributed by atoms with Crippen LogP contribution in [0.5, 0.6) is 0 Å². The van der Waals surface area contributed by atoms with Crippen molar-refractivity contribution in [1.29, 1.82) is 0 Å². The van der Waals surface area contributed by atoms with Crippen molar-refractivity contribution < 1.29 is 8.78 Å². The molecule has 0 saturated heterocycles. The normalized spacial score (nSPS) is 10.7. The van der Waals surface area contributed by atoms with E-state index >= 15 is 0 Å². The van der Waals surface area contributed by atoms with Crippen LogP contribution in [0.4, 0.5) is 20.4 Å². The molecule has 0 bridgehead atoms. The summed E-state index contributed by atoms with van der Waals surface area (Å²) in [4.78, 5) is 7.85. The Morgan fingerprint density at radius 2 is 1.79 bits per heavy atom. The van der Waals surface area contributed by atoms with Gasteiger partial charge in [0, 0.05) is 17.4 Å². The van der Waals surface area contributed by atoms with E-state index in [4.69, 9.17) is 11.5 Å². The van der Waals surface area contributed by atoms with Crippen molar-refractivity contribution in [2.24, 2.45) is 0 Å². The van der Waals surface area contributed by atoms with Crippen LogP contribution in [0.1, 0.15) is 5.56 Å². The van der Waals surface area contributed by atoms with Crippen molar-refractivity contribution in [3.63, 3.8) is 0 Å². The molecule has 1 aromatic heterocycles. The van der Waals surface area contributed by atoms with Gasteiger partial charge in [0.15, 0.2) is 5.16 Å². The highest BCUT2D eigenvalue weighted by Crippen LogP contribution is 2.28. The third kappa shape index (κ3) is 3.32. The third-order valence-electron chi connectivity index (χ3n) is 2.23.